The molecule has 0 bridgehead atoms. The molecule has 2 atom stereocenters. The molecule has 1 aliphatic carbocycles. The molecule has 0 fully saturated rings. The Bertz CT molecular complexity index is 963. The maximum absolute atomic E-state index is 13.0. The van der Waals surface area contributed by atoms with E-state index in [2.05, 4.69) is 5.32 Å². The molecule has 2 N–H and O–H groups in total. The number of thiophene rings is 1. The van der Waals surface area contributed by atoms with Gasteiger partial charge in [0, 0.05) is 10.4 Å². The van der Waals surface area contributed by atoms with Gasteiger partial charge >= 0.3 is 11.9 Å². The van der Waals surface area contributed by atoms with Crippen LogP contribution in [0.1, 0.15) is 41.4 Å². The Morgan fingerprint density at radius 2 is 1.80 bits per heavy atom. The van der Waals surface area contributed by atoms with E-state index >= 15 is 0 Å². The van der Waals surface area contributed by atoms with Crippen LogP contribution in [0.15, 0.2) is 42.5 Å². The van der Waals surface area contributed by atoms with Gasteiger partial charge in [0.15, 0.2) is 0 Å². The Balaban J connectivity index is 1.98. The van der Waals surface area contributed by atoms with Crippen molar-refractivity contribution >= 4 is 34.2 Å². The fourth-order valence-electron chi connectivity index (χ4n) is 3.63. The van der Waals surface area contributed by atoms with Gasteiger partial charge in [0.05, 0.1) is 18.4 Å². The molecule has 1 aromatic heterocycles. The van der Waals surface area contributed by atoms with Crippen molar-refractivity contribution in [2.24, 2.45) is 11.8 Å². The van der Waals surface area contributed by atoms with Gasteiger partial charge in [-0.15, -0.1) is 11.3 Å². The molecule has 0 spiro atoms. The van der Waals surface area contributed by atoms with Gasteiger partial charge in [0.25, 0.3) is 0 Å². The van der Waals surface area contributed by atoms with Crippen molar-refractivity contribution in [3.05, 3.63) is 52.9 Å². The predicted molar refractivity (Wildman–Crippen MR) is 117 cm³/mol. The molecule has 2 aromatic rings. The molecule has 2 unspecified atom stereocenters. The van der Waals surface area contributed by atoms with Crippen LogP contribution in [0.25, 0.3) is 11.1 Å². The summed E-state index contributed by atoms with van der Waals surface area (Å²) in [7, 11) is 0. The fourth-order valence-corrected chi connectivity index (χ4v) is 4.70. The summed E-state index contributed by atoms with van der Waals surface area (Å²) in [5.41, 5.74) is 1.92. The van der Waals surface area contributed by atoms with Crippen LogP contribution in [-0.4, -0.2) is 29.6 Å². The number of carboxylic acids is 1. The van der Waals surface area contributed by atoms with E-state index in [0.717, 1.165) is 16.0 Å². The standard InChI is InChI=1S/C23H25NO5S/c1-3-13-29-23(28)19-18(15-9-5-4-6-10-15)14(2)30-21(19)24-20(25)16-11-7-8-12-17(16)22(26)27/h4-10,16-17H,3,11-13H2,1-2H3,(H,24,25)(H,26,27). The van der Waals surface area contributed by atoms with Crippen molar-refractivity contribution in [3.63, 3.8) is 0 Å². The van der Waals surface area contributed by atoms with Crippen LogP contribution in [0.3, 0.4) is 0 Å². The van der Waals surface area contributed by atoms with Crippen LogP contribution in [0.2, 0.25) is 0 Å². The first-order valence-electron chi connectivity index (χ1n) is 9.98. The second-order valence-electron chi connectivity index (χ2n) is 7.22. The lowest BCUT2D eigenvalue weighted by molar-refractivity contribution is -0.146. The molecule has 158 valence electrons. The number of hydrogen-bond acceptors (Lipinski definition) is 5. The average molecular weight is 428 g/mol. The number of aryl methyl sites for hydroxylation is 1. The van der Waals surface area contributed by atoms with Gasteiger partial charge in [0.1, 0.15) is 10.6 Å². The highest BCUT2D eigenvalue weighted by Gasteiger charge is 2.35. The third kappa shape index (κ3) is 4.62. The molecule has 0 saturated heterocycles. The number of amides is 1. The molecule has 1 amide bonds. The van der Waals surface area contributed by atoms with Gasteiger partial charge in [-0.25, -0.2) is 4.79 Å². The first-order valence-corrected chi connectivity index (χ1v) is 10.8. The Kier molecular flexibility index (Phi) is 7.05. The largest absolute Gasteiger partial charge is 0.481 e. The molecule has 0 saturated carbocycles. The topological polar surface area (TPSA) is 92.7 Å². The van der Waals surface area contributed by atoms with E-state index in [9.17, 15) is 19.5 Å². The molecule has 0 radical (unpaired) electrons. The van der Waals surface area contributed by atoms with Crippen LogP contribution in [0, 0.1) is 18.8 Å². The van der Waals surface area contributed by atoms with E-state index in [1.807, 2.05) is 50.3 Å². The molecule has 3 rings (SSSR count). The second-order valence-corrected chi connectivity index (χ2v) is 8.45. The maximum Gasteiger partial charge on any atom is 0.341 e. The summed E-state index contributed by atoms with van der Waals surface area (Å²) in [4.78, 5) is 38.3. The lowest BCUT2D eigenvalue weighted by Gasteiger charge is -2.24. The second kappa shape index (κ2) is 9.71. The maximum atomic E-state index is 13.0. The number of carbonyl (C=O) groups is 3. The van der Waals surface area contributed by atoms with Gasteiger partial charge < -0.3 is 15.2 Å². The Hall–Kier alpha value is -2.93. The van der Waals surface area contributed by atoms with Crippen molar-refractivity contribution in [1.29, 1.82) is 0 Å². The number of anilines is 1. The van der Waals surface area contributed by atoms with Gasteiger partial charge in [-0.05, 0) is 31.7 Å². The third-order valence-corrected chi connectivity index (χ3v) is 6.13. The average Bonchev–Trinajstić information content (AvgIpc) is 3.08. The van der Waals surface area contributed by atoms with Crippen molar-refractivity contribution in [2.45, 2.75) is 33.1 Å². The van der Waals surface area contributed by atoms with E-state index in [1.165, 1.54) is 11.3 Å². The zero-order valence-electron chi connectivity index (χ0n) is 17.0. The van der Waals surface area contributed by atoms with E-state index < -0.39 is 29.7 Å². The van der Waals surface area contributed by atoms with Gasteiger partial charge in [-0.3, -0.25) is 9.59 Å². The molecular weight excluding hydrogens is 402 g/mol. The third-order valence-electron chi connectivity index (χ3n) is 5.11. The number of nitrogens with one attached hydrogen (secondary N) is 1. The van der Waals surface area contributed by atoms with Crippen molar-refractivity contribution < 1.29 is 24.2 Å². The van der Waals surface area contributed by atoms with Gasteiger partial charge in [-0.2, -0.15) is 0 Å². The number of carboxylic acid groups (broad SMARTS) is 1. The van der Waals surface area contributed by atoms with Crippen LogP contribution in [0.5, 0.6) is 0 Å². The molecule has 1 aromatic carbocycles. The van der Waals surface area contributed by atoms with Crippen molar-refractivity contribution in [3.8, 4) is 11.1 Å². The zero-order chi connectivity index (χ0) is 21.7. The van der Waals surface area contributed by atoms with E-state index in [1.54, 1.807) is 6.08 Å². The van der Waals surface area contributed by atoms with E-state index in [-0.39, 0.29) is 6.61 Å². The summed E-state index contributed by atoms with van der Waals surface area (Å²) >= 11 is 1.30. The van der Waals surface area contributed by atoms with Crippen LogP contribution >= 0.6 is 11.3 Å². The molecule has 6 nitrogen and oxygen atoms in total. The monoisotopic (exact) mass is 427 g/mol. The van der Waals surface area contributed by atoms with Gasteiger partial charge in [0.2, 0.25) is 5.91 Å². The molecule has 1 aliphatic rings. The number of benzene rings is 1. The molecule has 0 aliphatic heterocycles. The summed E-state index contributed by atoms with van der Waals surface area (Å²) in [5, 5.41) is 12.7. The highest BCUT2D eigenvalue weighted by Crippen LogP contribution is 2.41. The lowest BCUT2D eigenvalue weighted by Crippen LogP contribution is -2.34. The summed E-state index contributed by atoms with van der Waals surface area (Å²) < 4.78 is 5.39. The highest BCUT2D eigenvalue weighted by molar-refractivity contribution is 7.17. The van der Waals surface area contributed by atoms with Crippen molar-refractivity contribution in [2.75, 3.05) is 11.9 Å². The van der Waals surface area contributed by atoms with Crippen LogP contribution in [0.4, 0.5) is 5.00 Å². The number of ether oxygens (including phenoxy) is 1. The minimum absolute atomic E-state index is 0.282. The number of hydrogen-bond donors (Lipinski definition) is 2. The quantitative estimate of drug-likeness (QED) is 0.484. The summed E-state index contributed by atoms with van der Waals surface area (Å²) in [6.45, 7) is 4.09. The van der Waals surface area contributed by atoms with Gasteiger partial charge in [-0.1, -0.05) is 49.4 Å². The predicted octanol–water partition coefficient (Wildman–Crippen LogP) is 4.90. The highest BCUT2D eigenvalue weighted by atomic mass is 32.1. The minimum atomic E-state index is -0.991. The van der Waals surface area contributed by atoms with Crippen LogP contribution in [-0.2, 0) is 14.3 Å². The normalized spacial score (nSPS) is 18.1. The fraction of sp³-hybridized carbons (Fsp3) is 0.348. The Morgan fingerprint density at radius 1 is 1.13 bits per heavy atom. The summed E-state index contributed by atoms with van der Waals surface area (Å²) in [6.07, 6.45) is 4.98. The first-order chi connectivity index (χ1) is 14.4. The Labute approximate surface area is 179 Å². The zero-order valence-corrected chi connectivity index (χ0v) is 17.8. The molecular formula is C23H25NO5S. The molecule has 1 heterocycles. The molecule has 30 heavy (non-hydrogen) atoms. The Morgan fingerprint density at radius 3 is 2.43 bits per heavy atom. The number of aliphatic carboxylic acids is 1. The lowest BCUT2D eigenvalue weighted by atomic mass is 9.82. The summed E-state index contributed by atoms with van der Waals surface area (Å²) in [6, 6.07) is 9.48. The number of allylic oxidation sites excluding steroid dienone is 2. The summed E-state index contributed by atoms with van der Waals surface area (Å²) in [5.74, 6) is -3.34. The number of rotatable bonds is 7. The SMILES string of the molecule is CCCOC(=O)c1c(NC(=O)C2CC=CCC2C(=O)O)sc(C)c1-c1ccccc1. The number of carbonyl (C=O) groups excluding carboxylic acids is 2. The smallest absolute Gasteiger partial charge is 0.341 e. The minimum Gasteiger partial charge on any atom is -0.481 e. The number of esters is 1. The molecule has 7 heteroatoms. The van der Waals surface area contributed by atoms with Crippen molar-refractivity contribution in [1.82, 2.24) is 0 Å². The van der Waals surface area contributed by atoms with E-state index in [4.69, 9.17) is 4.74 Å². The van der Waals surface area contributed by atoms with E-state index in [0.29, 0.717) is 29.8 Å². The first kappa shape index (κ1) is 21.8. The van der Waals surface area contributed by atoms with Crippen LogP contribution < -0.4 is 5.32 Å².